The van der Waals surface area contributed by atoms with E-state index in [-0.39, 0.29) is 23.9 Å². The highest BCUT2D eigenvalue weighted by Gasteiger charge is 2.31. The Bertz CT molecular complexity index is 1360. The first-order valence-electron chi connectivity index (χ1n) is 12.7. The second-order valence-electron chi connectivity index (χ2n) is 11.2. The minimum Gasteiger partial charge on any atom is -0.445 e. The maximum absolute atomic E-state index is 13.9. The van der Waals surface area contributed by atoms with Gasteiger partial charge in [0.25, 0.3) is 0 Å². The molecule has 8 nitrogen and oxygen atoms in total. The van der Waals surface area contributed by atoms with Gasteiger partial charge in [0.2, 0.25) is 0 Å². The summed E-state index contributed by atoms with van der Waals surface area (Å²) in [6, 6.07) is 16.8. The Hall–Kier alpha value is -3.69. The second-order valence-corrected chi connectivity index (χ2v) is 11.6. The summed E-state index contributed by atoms with van der Waals surface area (Å²) >= 11 is 6.03. The molecule has 0 bridgehead atoms. The molecule has 0 aliphatic rings. The van der Waals surface area contributed by atoms with Crippen LogP contribution in [0.3, 0.4) is 0 Å². The van der Waals surface area contributed by atoms with Crippen molar-refractivity contribution < 1.29 is 28.6 Å². The maximum atomic E-state index is 13.9. The van der Waals surface area contributed by atoms with E-state index in [0.717, 1.165) is 5.56 Å². The molecule has 2 amide bonds. The Kier molecular flexibility index (Phi) is 9.43. The highest BCUT2D eigenvalue weighted by Crippen LogP contribution is 2.31. The topological polar surface area (TPSA) is 110 Å². The van der Waals surface area contributed by atoms with Crippen molar-refractivity contribution in [3.63, 3.8) is 0 Å². The van der Waals surface area contributed by atoms with Crippen molar-refractivity contribution in [3.05, 3.63) is 88.3 Å². The molecule has 0 saturated heterocycles. The van der Waals surface area contributed by atoms with Crippen molar-refractivity contribution in [2.45, 2.75) is 64.9 Å². The molecule has 1 atom stereocenters. The molecule has 0 radical (unpaired) electrons. The molecule has 3 N–H and O–H groups in total. The fraction of sp³-hybridized carbons (Fsp3) is 0.367. The smallest absolute Gasteiger partial charge is 0.408 e. The van der Waals surface area contributed by atoms with E-state index in [1.54, 1.807) is 46.8 Å². The molecule has 0 aliphatic heterocycles. The Balaban J connectivity index is 1.92. The van der Waals surface area contributed by atoms with Crippen molar-refractivity contribution in [1.82, 2.24) is 15.6 Å². The molecule has 3 rings (SSSR count). The maximum Gasteiger partial charge on any atom is 0.408 e. The van der Waals surface area contributed by atoms with Gasteiger partial charge in [-0.25, -0.2) is 19.0 Å². The van der Waals surface area contributed by atoms with Gasteiger partial charge in [-0.05, 0) is 83.0 Å². The third-order valence-electron chi connectivity index (χ3n) is 5.92. The van der Waals surface area contributed by atoms with Crippen LogP contribution in [0.15, 0.2) is 60.7 Å². The number of alkyl carbamates (subject to hydrolysis) is 2. The quantitative estimate of drug-likeness (QED) is 0.287. The molecule has 2 aromatic carbocycles. The summed E-state index contributed by atoms with van der Waals surface area (Å²) in [5.41, 5.74) is -0.869. The van der Waals surface area contributed by atoms with Gasteiger partial charge >= 0.3 is 12.2 Å². The summed E-state index contributed by atoms with van der Waals surface area (Å²) in [4.78, 5) is 29.5. The van der Waals surface area contributed by atoms with Crippen LogP contribution in [-0.4, -0.2) is 34.4 Å². The van der Waals surface area contributed by atoms with Crippen LogP contribution in [0.4, 0.5) is 14.0 Å². The lowest BCUT2D eigenvalue weighted by atomic mass is 9.89. The standard InChI is InChI=1S/C30H35ClFN3O5/c1-28(2,3)40-26(36)33-18-30(6,38)25-16-21(15-24(34-25)20-12-13-23(32)22(31)14-20)29(4,5)35-27(37)39-17-19-10-8-7-9-11-19/h7-16,38H,17-18H2,1-6H3,(H,33,36)(H,35,37). The number of carbonyl (C=O) groups is 2. The predicted octanol–water partition coefficient (Wildman–Crippen LogP) is 6.43. The zero-order valence-corrected chi connectivity index (χ0v) is 24.2. The SMILES string of the molecule is CC(C)(C)OC(=O)NCC(C)(O)c1cc(C(C)(C)NC(=O)OCc2ccccc2)cc(-c2ccc(F)c(Cl)c2)n1. The Morgan fingerprint density at radius 2 is 1.65 bits per heavy atom. The number of ether oxygens (including phenoxy) is 2. The van der Waals surface area contributed by atoms with Gasteiger partial charge in [-0.15, -0.1) is 0 Å². The molecule has 1 heterocycles. The zero-order valence-electron chi connectivity index (χ0n) is 23.5. The first-order chi connectivity index (χ1) is 18.6. The Morgan fingerprint density at radius 1 is 0.975 bits per heavy atom. The number of nitrogens with one attached hydrogen (secondary N) is 2. The number of nitrogens with zero attached hydrogens (tertiary/aromatic N) is 1. The molecular formula is C30H35ClFN3O5. The minimum atomic E-state index is -1.64. The molecular weight excluding hydrogens is 537 g/mol. The van der Waals surface area contributed by atoms with E-state index in [1.165, 1.54) is 25.1 Å². The van der Waals surface area contributed by atoms with E-state index in [9.17, 15) is 19.1 Å². The molecule has 1 aromatic heterocycles. The number of halogens is 2. The average molecular weight is 572 g/mol. The molecule has 0 saturated carbocycles. The van der Waals surface area contributed by atoms with Crippen LogP contribution in [0.5, 0.6) is 0 Å². The summed E-state index contributed by atoms with van der Waals surface area (Å²) in [6.45, 7) is 10.1. The number of benzene rings is 2. The lowest BCUT2D eigenvalue weighted by molar-refractivity contribution is 0.0297. The predicted molar refractivity (Wildman–Crippen MR) is 151 cm³/mol. The summed E-state index contributed by atoms with van der Waals surface area (Å²) < 4.78 is 24.5. The third kappa shape index (κ3) is 8.66. The number of aromatic nitrogens is 1. The number of carbonyl (C=O) groups excluding carboxylic acids is 2. The molecule has 0 aliphatic carbocycles. The van der Waals surface area contributed by atoms with Gasteiger partial charge in [-0.1, -0.05) is 41.9 Å². The van der Waals surface area contributed by atoms with Gasteiger partial charge in [-0.3, -0.25) is 0 Å². The number of rotatable bonds is 8. The molecule has 0 fully saturated rings. The number of aliphatic hydroxyl groups is 1. The number of pyridine rings is 1. The number of amides is 2. The van der Waals surface area contributed by atoms with Crippen LogP contribution in [-0.2, 0) is 27.2 Å². The third-order valence-corrected chi connectivity index (χ3v) is 6.21. The molecule has 10 heteroatoms. The number of hydrogen-bond acceptors (Lipinski definition) is 6. The van der Waals surface area contributed by atoms with E-state index in [1.807, 2.05) is 30.3 Å². The zero-order chi connectivity index (χ0) is 29.7. The fourth-order valence-electron chi connectivity index (χ4n) is 3.71. The fourth-order valence-corrected chi connectivity index (χ4v) is 3.89. The van der Waals surface area contributed by atoms with E-state index in [4.69, 9.17) is 21.1 Å². The van der Waals surface area contributed by atoms with E-state index >= 15 is 0 Å². The average Bonchev–Trinajstić information content (AvgIpc) is 2.87. The summed E-state index contributed by atoms with van der Waals surface area (Å²) in [5.74, 6) is -0.585. The van der Waals surface area contributed by atoms with Gasteiger partial charge in [0.05, 0.1) is 28.5 Å². The molecule has 1 unspecified atom stereocenters. The van der Waals surface area contributed by atoms with Crippen molar-refractivity contribution in [3.8, 4) is 11.3 Å². The lowest BCUT2D eigenvalue weighted by Crippen LogP contribution is -2.43. The van der Waals surface area contributed by atoms with Crippen LogP contribution in [0.25, 0.3) is 11.3 Å². The molecule has 0 spiro atoms. The molecule has 40 heavy (non-hydrogen) atoms. The molecule has 214 valence electrons. The van der Waals surface area contributed by atoms with Crippen LogP contribution in [0.2, 0.25) is 5.02 Å². The largest absolute Gasteiger partial charge is 0.445 e. The van der Waals surface area contributed by atoms with Crippen LogP contribution in [0.1, 0.15) is 58.4 Å². The van der Waals surface area contributed by atoms with Crippen molar-refractivity contribution in [2.24, 2.45) is 0 Å². The summed E-state index contributed by atoms with van der Waals surface area (Å²) in [6.07, 6.45) is -1.34. The minimum absolute atomic E-state index is 0.0912. The van der Waals surface area contributed by atoms with Gasteiger partial charge in [-0.2, -0.15) is 0 Å². The highest BCUT2D eigenvalue weighted by atomic mass is 35.5. The lowest BCUT2D eigenvalue weighted by Gasteiger charge is -2.30. The highest BCUT2D eigenvalue weighted by molar-refractivity contribution is 6.31. The van der Waals surface area contributed by atoms with E-state index in [0.29, 0.717) is 16.8 Å². The first kappa shape index (κ1) is 30.8. The van der Waals surface area contributed by atoms with Crippen LogP contribution < -0.4 is 10.6 Å². The summed E-state index contributed by atoms with van der Waals surface area (Å²) in [7, 11) is 0. The van der Waals surface area contributed by atoms with E-state index < -0.39 is 34.7 Å². The van der Waals surface area contributed by atoms with Gasteiger partial charge in [0.15, 0.2) is 0 Å². The summed E-state index contributed by atoms with van der Waals surface area (Å²) in [5, 5.41) is 16.7. The Morgan fingerprint density at radius 3 is 2.27 bits per heavy atom. The van der Waals surface area contributed by atoms with Gasteiger partial charge in [0, 0.05) is 5.56 Å². The Labute approximate surface area is 238 Å². The van der Waals surface area contributed by atoms with Gasteiger partial charge in [0.1, 0.15) is 23.6 Å². The number of hydrogen-bond donors (Lipinski definition) is 3. The van der Waals surface area contributed by atoms with Gasteiger partial charge < -0.3 is 25.2 Å². The first-order valence-corrected chi connectivity index (χ1v) is 13.1. The normalized spacial score (nSPS) is 13.2. The van der Waals surface area contributed by atoms with Crippen LogP contribution in [0, 0.1) is 5.82 Å². The second kappa shape index (κ2) is 12.2. The molecule has 3 aromatic rings. The van der Waals surface area contributed by atoms with E-state index in [2.05, 4.69) is 15.6 Å². The van der Waals surface area contributed by atoms with Crippen molar-refractivity contribution >= 4 is 23.8 Å². The van der Waals surface area contributed by atoms with Crippen LogP contribution >= 0.6 is 11.6 Å². The van der Waals surface area contributed by atoms with Crippen molar-refractivity contribution in [1.29, 1.82) is 0 Å². The monoisotopic (exact) mass is 571 g/mol. The van der Waals surface area contributed by atoms with Crippen molar-refractivity contribution in [2.75, 3.05) is 6.54 Å².